The predicted octanol–water partition coefficient (Wildman–Crippen LogP) is 3.91. The highest BCUT2D eigenvalue weighted by Gasteiger charge is 2.24. The second-order valence-electron chi connectivity index (χ2n) is 8.07. The van der Waals surface area contributed by atoms with Gasteiger partial charge in [0.15, 0.2) is 6.61 Å². The first-order valence-corrected chi connectivity index (χ1v) is 11.2. The third-order valence-corrected chi connectivity index (χ3v) is 4.66. The minimum absolute atomic E-state index is 0.0690. The molecular weight excluding hydrogens is 504 g/mol. The van der Waals surface area contributed by atoms with Crippen molar-refractivity contribution in [1.82, 2.24) is 10.7 Å². The molecule has 0 aliphatic heterocycles. The lowest BCUT2D eigenvalue weighted by atomic mass is 10.2. The minimum atomic E-state index is -1.02. The highest BCUT2D eigenvalue weighted by molar-refractivity contribution is 9.10. The third-order valence-electron chi connectivity index (χ3n) is 4.04. The van der Waals surface area contributed by atoms with E-state index in [1.54, 1.807) is 39.0 Å². The Morgan fingerprint density at radius 1 is 1.21 bits per heavy atom. The monoisotopic (exact) mass is 530 g/mol. The summed E-state index contributed by atoms with van der Waals surface area (Å²) < 4.78 is 16.8. The molecule has 2 aromatic carbocycles. The Bertz CT molecular complexity index is 1030. The topological polar surface area (TPSA) is 122 Å². The van der Waals surface area contributed by atoms with E-state index in [4.69, 9.17) is 19.5 Å². The van der Waals surface area contributed by atoms with Crippen LogP contribution in [0.1, 0.15) is 31.9 Å². The summed E-state index contributed by atoms with van der Waals surface area (Å²) in [6.45, 7) is 5.32. The molecule has 2 amide bonds. The number of amides is 2. The predicted molar refractivity (Wildman–Crippen MR) is 130 cm³/mol. The first kappa shape index (κ1) is 26.8. The van der Waals surface area contributed by atoms with Gasteiger partial charge in [-0.05, 0) is 66.0 Å². The number of hydrogen-bond acceptors (Lipinski definition) is 7. The zero-order valence-corrected chi connectivity index (χ0v) is 20.8. The Kier molecular flexibility index (Phi) is 10.5. The van der Waals surface area contributed by atoms with Gasteiger partial charge >= 0.3 is 6.09 Å². The van der Waals surface area contributed by atoms with Crippen molar-refractivity contribution in [3.05, 3.63) is 64.1 Å². The lowest BCUT2D eigenvalue weighted by Gasteiger charge is -2.22. The normalized spacial score (nSPS) is 12.0. The Balaban J connectivity index is 1.99. The fourth-order valence-electron chi connectivity index (χ4n) is 2.57. The molecule has 9 nitrogen and oxygen atoms in total. The van der Waals surface area contributed by atoms with Crippen LogP contribution in [0.25, 0.3) is 0 Å². The maximum atomic E-state index is 12.7. The molecule has 0 radical (unpaired) electrons. The van der Waals surface area contributed by atoms with E-state index in [1.807, 2.05) is 36.4 Å². The molecule has 2 N–H and O–H groups in total. The van der Waals surface area contributed by atoms with E-state index in [2.05, 4.69) is 31.8 Å². The summed E-state index contributed by atoms with van der Waals surface area (Å²) in [4.78, 5) is 24.9. The summed E-state index contributed by atoms with van der Waals surface area (Å²) in [7, 11) is 0. The lowest BCUT2D eigenvalue weighted by molar-refractivity contribution is -0.124. The Morgan fingerprint density at radius 3 is 2.59 bits per heavy atom. The van der Waals surface area contributed by atoms with Crippen LogP contribution in [0.3, 0.4) is 0 Å². The summed E-state index contributed by atoms with van der Waals surface area (Å²) in [6.07, 6.45) is 0.698. The lowest BCUT2D eigenvalue weighted by Crippen LogP contribution is -2.49. The highest BCUT2D eigenvalue weighted by Crippen LogP contribution is 2.25. The molecule has 180 valence electrons. The number of carbonyl (C=O) groups excluding carboxylic acids is 2. The fraction of sp³-hybridized carbons (Fsp3) is 0.333. The molecule has 0 bridgehead atoms. The van der Waals surface area contributed by atoms with Crippen LogP contribution in [0.2, 0.25) is 0 Å². The Hall–Kier alpha value is -3.42. The molecule has 2 rings (SSSR count). The van der Waals surface area contributed by atoms with Crippen molar-refractivity contribution in [1.29, 1.82) is 5.26 Å². The molecule has 0 aliphatic carbocycles. The van der Waals surface area contributed by atoms with Crippen LogP contribution in [-0.4, -0.2) is 43.1 Å². The van der Waals surface area contributed by atoms with E-state index in [0.717, 1.165) is 5.56 Å². The van der Waals surface area contributed by atoms with Gasteiger partial charge in [0.05, 0.1) is 23.9 Å². The van der Waals surface area contributed by atoms with Gasteiger partial charge in [-0.15, -0.1) is 0 Å². The van der Waals surface area contributed by atoms with Crippen molar-refractivity contribution >= 4 is 34.1 Å². The van der Waals surface area contributed by atoms with E-state index >= 15 is 0 Å². The van der Waals surface area contributed by atoms with Crippen LogP contribution in [0.5, 0.6) is 5.75 Å². The number of nitriles is 1. The summed E-state index contributed by atoms with van der Waals surface area (Å²) in [5, 5.41) is 15.1. The Morgan fingerprint density at radius 2 is 1.94 bits per heavy atom. The molecule has 34 heavy (non-hydrogen) atoms. The van der Waals surface area contributed by atoms with Gasteiger partial charge in [0.25, 0.3) is 5.91 Å². The second kappa shape index (κ2) is 13.3. The maximum absolute atomic E-state index is 12.7. The van der Waals surface area contributed by atoms with Gasteiger partial charge in [0.2, 0.25) is 0 Å². The van der Waals surface area contributed by atoms with Crippen molar-refractivity contribution in [3.8, 4) is 11.8 Å². The van der Waals surface area contributed by atoms with Gasteiger partial charge in [-0.2, -0.15) is 10.4 Å². The number of rotatable bonds is 10. The van der Waals surface area contributed by atoms with Gasteiger partial charge < -0.3 is 19.5 Å². The number of nitrogens with zero attached hydrogens (tertiary/aromatic N) is 2. The largest absolute Gasteiger partial charge is 0.478 e. The molecule has 1 atom stereocenters. The third kappa shape index (κ3) is 10.0. The molecule has 0 aliphatic rings. The molecule has 10 heteroatoms. The van der Waals surface area contributed by atoms with Gasteiger partial charge in [-0.1, -0.05) is 30.3 Å². The number of nitrogens with one attached hydrogen (secondary N) is 2. The summed E-state index contributed by atoms with van der Waals surface area (Å²) in [6, 6.07) is 15.5. The van der Waals surface area contributed by atoms with E-state index in [9.17, 15) is 9.59 Å². The molecule has 2 aromatic rings. The highest BCUT2D eigenvalue weighted by atomic mass is 79.9. The standard InChI is InChI=1S/C24H27BrN4O5/c1-24(2,3)34-23(31)28-20(16-32-15-17-7-5-4-6-8-17)22(30)29-27-14-18-9-10-21(19(25)13-18)33-12-11-26/h4-10,13-14,20H,12,15-16H2,1-3H3,(H,28,31)(H,29,30)/b27-14-/t20-/m0/s1. The van der Waals surface area contributed by atoms with Crippen LogP contribution in [0, 0.1) is 11.3 Å². The summed E-state index contributed by atoms with van der Waals surface area (Å²) in [5.41, 5.74) is 3.30. The Labute approximate surface area is 207 Å². The first-order chi connectivity index (χ1) is 16.2. The number of ether oxygens (including phenoxy) is 3. The maximum Gasteiger partial charge on any atom is 0.408 e. The average Bonchev–Trinajstić information content (AvgIpc) is 2.77. The van der Waals surface area contributed by atoms with E-state index in [0.29, 0.717) is 15.8 Å². The van der Waals surface area contributed by atoms with Crippen LogP contribution < -0.4 is 15.5 Å². The van der Waals surface area contributed by atoms with Crippen molar-refractivity contribution in [3.63, 3.8) is 0 Å². The molecule has 0 saturated heterocycles. The van der Waals surface area contributed by atoms with Crippen molar-refractivity contribution in [2.75, 3.05) is 13.2 Å². The number of benzene rings is 2. The molecule has 0 heterocycles. The van der Waals surface area contributed by atoms with Gasteiger partial charge in [-0.3, -0.25) is 4.79 Å². The summed E-state index contributed by atoms with van der Waals surface area (Å²) in [5.74, 6) is -0.0527. The van der Waals surface area contributed by atoms with Crippen molar-refractivity contribution in [2.45, 2.75) is 39.0 Å². The SMILES string of the molecule is CC(C)(C)OC(=O)N[C@@H](COCc1ccccc1)C(=O)N/N=C\c1ccc(OCC#N)c(Br)c1. The number of halogens is 1. The molecule has 0 unspecified atom stereocenters. The van der Waals surface area contributed by atoms with Crippen molar-refractivity contribution in [2.24, 2.45) is 5.10 Å². The van der Waals surface area contributed by atoms with Crippen molar-refractivity contribution < 1.29 is 23.8 Å². The zero-order chi connectivity index (χ0) is 25.0. The molecule has 0 saturated carbocycles. The van der Waals surface area contributed by atoms with Gasteiger partial charge in [-0.25, -0.2) is 10.2 Å². The average molecular weight is 531 g/mol. The van der Waals surface area contributed by atoms with Crippen LogP contribution in [0.4, 0.5) is 4.79 Å². The fourth-order valence-corrected chi connectivity index (χ4v) is 3.09. The van der Waals surface area contributed by atoms with Gasteiger partial charge in [0, 0.05) is 0 Å². The molecular formula is C24H27BrN4O5. The minimum Gasteiger partial charge on any atom is -0.478 e. The second-order valence-corrected chi connectivity index (χ2v) is 8.92. The van der Waals surface area contributed by atoms with E-state index in [-0.39, 0.29) is 19.8 Å². The summed E-state index contributed by atoms with van der Waals surface area (Å²) >= 11 is 3.36. The zero-order valence-electron chi connectivity index (χ0n) is 19.2. The molecule has 0 fully saturated rings. The number of hydrazone groups is 1. The quantitative estimate of drug-likeness (QED) is 0.354. The number of carbonyl (C=O) groups is 2. The number of hydrogen-bond donors (Lipinski definition) is 2. The van der Waals surface area contributed by atoms with Crippen LogP contribution >= 0.6 is 15.9 Å². The number of alkyl carbamates (subject to hydrolysis) is 1. The van der Waals surface area contributed by atoms with E-state index < -0.39 is 23.6 Å². The van der Waals surface area contributed by atoms with Crippen LogP contribution in [0.15, 0.2) is 58.1 Å². The van der Waals surface area contributed by atoms with Gasteiger partial charge in [0.1, 0.15) is 23.5 Å². The molecule has 0 spiro atoms. The van der Waals surface area contributed by atoms with E-state index in [1.165, 1.54) is 6.21 Å². The smallest absolute Gasteiger partial charge is 0.408 e. The molecule has 0 aromatic heterocycles. The van der Waals surface area contributed by atoms with Crippen LogP contribution in [-0.2, 0) is 20.9 Å². The first-order valence-electron chi connectivity index (χ1n) is 10.4.